The number of aryl methyl sites for hydroxylation is 1. The monoisotopic (exact) mass is 302 g/mol. The highest BCUT2D eigenvalue weighted by Gasteiger charge is 2.18. The first-order valence-corrected chi connectivity index (χ1v) is 7.07. The smallest absolute Gasteiger partial charge is 0.309 e. The number of oxazole rings is 1. The lowest BCUT2D eigenvalue weighted by atomic mass is 10.4. The van der Waals surface area contributed by atoms with Crippen LogP contribution in [0.4, 0.5) is 11.8 Å². The van der Waals surface area contributed by atoms with Crippen molar-refractivity contribution >= 4 is 33.5 Å². The van der Waals surface area contributed by atoms with Gasteiger partial charge >= 0.3 is 6.01 Å². The summed E-state index contributed by atoms with van der Waals surface area (Å²) in [5, 5.41) is 2.94. The third-order valence-corrected chi connectivity index (χ3v) is 3.78. The Morgan fingerprint density at radius 1 is 1.42 bits per heavy atom. The molecule has 0 saturated carbocycles. The molecule has 0 radical (unpaired) electrons. The molecule has 9 heteroatoms. The number of pyridine rings is 1. The number of sulfonamides is 1. The Morgan fingerprint density at radius 3 is 2.68 bits per heavy atom. The molecule has 2 N–H and O–H groups in total. The van der Waals surface area contributed by atoms with Gasteiger partial charge in [0.05, 0.1) is 10.7 Å². The van der Waals surface area contributed by atoms with Gasteiger partial charge in [0.25, 0.3) is 10.0 Å². The lowest BCUT2D eigenvalue weighted by Crippen LogP contribution is -2.13. The van der Waals surface area contributed by atoms with E-state index in [0.29, 0.717) is 11.5 Å². The predicted octanol–water partition coefficient (Wildman–Crippen LogP) is 1.87. The fraction of sp³-hybridized carbons (Fsp3) is 0.200. The second-order valence-electron chi connectivity index (χ2n) is 3.65. The van der Waals surface area contributed by atoms with Crippen LogP contribution in [0.15, 0.2) is 27.8 Å². The molecule has 102 valence electrons. The zero-order valence-corrected chi connectivity index (χ0v) is 11.7. The van der Waals surface area contributed by atoms with Crippen LogP contribution in [0.25, 0.3) is 0 Å². The van der Waals surface area contributed by atoms with Crippen LogP contribution in [0.5, 0.6) is 0 Å². The van der Waals surface area contributed by atoms with Gasteiger partial charge in [-0.3, -0.25) is 0 Å². The van der Waals surface area contributed by atoms with Gasteiger partial charge in [0.1, 0.15) is 17.0 Å². The summed E-state index contributed by atoms with van der Waals surface area (Å²) < 4.78 is 31.2. The maximum absolute atomic E-state index is 12.0. The SMILES string of the molecule is CNc1ncc(S(=O)(=O)Nc2nc(C)co2)cc1Cl. The minimum atomic E-state index is -3.83. The highest BCUT2D eigenvalue weighted by atomic mass is 35.5. The van der Waals surface area contributed by atoms with E-state index >= 15 is 0 Å². The Balaban J connectivity index is 2.31. The average molecular weight is 303 g/mol. The number of hydrogen-bond donors (Lipinski definition) is 2. The number of anilines is 2. The van der Waals surface area contributed by atoms with Gasteiger partial charge in [-0.05, 0) is 13.0 Å². The van der Waals surface area contributed by atoms with Crippen molar-refractivity contribution in [3.8, 4) is 0 Å². The van der Waals surface area contributed by atoms with E-state index in [4.69, 9.17) is 16.0 Å². The van der Waals surface area contributed by atoms with Gasteiger partial charge < -0.3 is 9.73 Å². The molecule has 0 bridgehead atoms. The number of rotatable bonds is 4. The Kier molecular flexibility index (Phi) is 3.63. The summed E-state index contributed by atoms with van der Waals surface area (Å²) in [5.41, 5.74) is 0.569. The van der Waals surface area contributed by atoms with Crippen LogP contribution in [0.1, 0.15) is 5.69 Å². The number of nitrogens with zero attached hydrogens (tertiary/aromatic N) is 2. The largest absolute Gasteiger partial charge is 0.431 e. The van der Waals surface area contributed by atoms with Crippen LogP contribution in [0.3, 0.4) is 0 Å². The molecule has 7 nitrogen and oxygen atoms in total. The van der Waals surface area contributed by atoms with Crippen molar-refractivity contribution < 1.29 is 12.8 Å². The molecule has 0 atom stereocenters. The van der Waals surface area contributed by atoms with E-state index in [1.54, 1.807) is 14.0 Å². The number of halogens is 1. The van der Waals surface area contributed by atoms with Crippen molar-refractivity contribution in [3.05, 3.63) is 29.2 Å². The molecular weight excluding hydrogens is 292 g/mol. The van der Waals surface area contributed by atoms with E-state index < -0.39 is 10.0 Å². The van der Waals surface area contributed by atoms with Crippen LogP contribution in [-0.4, -0.2) is 25.4 Å². The summed E-state index contributed by atoms with van der Waals surface area (Å²) in [6, 6.07) is 1.18. The fourth-order valence-corrected chi connectivity index (χ4v) is 2.56. The van der Waals surface area contributed by atoms with Gasteiger partial charge in [-0.15, -0.1) is 0 Å². The Hall–Kier alpha value is -1.80. The van der Waals surface area contributed by atoms with Gasteiger partial charge in [0.15, 0.2) is 0 Å². The van der Waals surface area contributed by atoms with Gasteiger partial charge in [-0.1, -0.05) is 11.6 Å². The molecule has 0 unspecified atom stereocenters. The zero-order chi connectivity index (χ0) is 14.0. The van der Waals surface area contributed by atoms with E-state index in [-0.39, 0.29) is 15.9 Å². The third kappa shape index (κ3) is 2.96. The Morgan fingerprint density at radius 2 is 2.16 bits per heavy atom. The molecular formula is C10H11ClN4O3S. The molecule has 2 heterocycles. The summed E-state index contributed by atoms with van der Waals surface area (Å²) in [6.45, 7) is 1.68. The average Bonchev–Trinajstić information content (AvgIpc) is 2.73. The quantitative estimate of drug-likeness (QED) is 0.895. The number of hydrogen-bond acceptors (Lipinski definition) is 6. The van der Waals surface area contributed by atoms with E-state index in [1.807, 2.05) is 0 Å². The summed E-state index contributed by atoms with van der Waals surface area (Å²) >= 11 is 5.89. The number of aromatic nitrogens is 2. The van der Waals surface area contributed by atoms with Crippen molar-refractivity contribution in [1.82, 2.24) is 9.97 Å². The first kappa shape index (κ1) is 13.6. The molecule has 0 aliphatic rings. The highest BCUT2D eigenvalue weighted by molar-refractivity contribution is 7.92. The maximum Gasteiger partial charge on any atom is 0.309 e. The molecule has 0 aromatic carbocycles. The highest BCUT2D eigenvalue weighted by Crippen LogP contribution is 2.23. The molecule has 19 heavy (non-hydrogen) atoms. The van der Waals surface area contributed by atoms with Crippen LogP contribution in [0.2, 0.25) is 5.02 Å². The van der Waals surface area contributed by atoms with E-state index in [0.717, 1.165) is 0 Å². The van der Waals surface area contributed by atoms with E-state index in [2.05, 4.69) is 20.0 Å². The molecule has 2 rings (SSSR count). The zero-order valence-electron chi connectivity index (χ0n) is 10.1. The summed E-state index contributed by atoms with van der Waals surface area (Å²) in [5.74, 6) is 0.396. The maximum atomic E-state index is 12.0. The van der Waals surface area contributed by atoms with Crippen molar-refractivity contribution in [2.45, 2.75) is 11.8 Å². The standard InChI is InChI=1S/C10H11ClN4O3S/c1-6-5-18-10(14-6)15-19(16,17)7-3-8(11)9(12-2)13-4-7/h3-5H,1-2H3,(H,12,13)(H,14,15). The molecule has 2 aromatic rings. The lowest BCUT2D eigenvalue weighted by Gasteiger charge is -2.06. The van der Waals surface area contributed by atoms with Crippen molar-refractivity contribution in [1.29, 1.82) is 0 Å². The van der Waals surface area contributed by atoms with Crippen LogP contribution in [0, 0.1) is 6.92 Å². The van der Waals surface area contributed by atoms with Crippen LogP contribution >= 0.6 is 11.6 Å². The van der Waals surface area contributed by atoms with E-state index in [1.165, 1.54) is 18.5 Å². The molecule has 0 aliphatic heterocycles. The molecule has 0 spiro atoms. The van der Waals surface area contributed by atoms with Crippen molar-refractivity contribution in [3.63, 3.8) is 0 Å². The molecule has 0 fully saturated rings. The third-order valence-electron chi connectivity index (χ3n) is 2.20. The van der Waals surface area contributed by atoms with Gasteiger partial charge in [-0.25, -0.2) is 18.1 Å². The van der Waals surface area contributed by atoms with Crippen molar-refractivity contribution in [2.75, 3.05) is 17.1 Å². The summed E-state index contributed by atoms with van der Waals surface area (Å²) in [6.07, 6.45) is 2.53. The topological polar surface area (TPSA) is 97.1 Å². The minimum absolute atomic E-state index is 0.0765. The van der Waals surface area contributed by atoms with Gasteiger partial charge in [0, 0.05) is 13.2 Å². The summed E-state index contributed by atoms with van der Waals surface area (Å²) in [7, 11) is -2.19. The minimum Gasteiger partial charge on any atom is -0.431 e. The van der Waals surface area contributed by atoms with Gasteiger partial charge in [0.2, 0.25) is 0 Å². The molecule has 0 aliphatic carbocycles. The van der Waals surface area contributed by atoms with Crippen molar-refractivity contribution in [2.24, 2.45) is 0 Å². The van der Waals surface area contributed by atoms with Gasteiger partial charge in [-0.2, -0.15) is 4.98 Å². The second-order valence-corrected chi connectivity index (χ2v) is 5.74. The predicted molar refractivity (Wildman–Crippen MR) is 70.8 cm³/mol. The second kappa shape index (κ2) is 5.06. The lowest BCUT2D eigenvalue weighted by molar-refractivity contribution is 0.569. The molecule has 2 aromatic heterocycles. The van der Waals surface area contributed by atoms with Crippen LogP contribution < -0.4 is 10.0 Å². The number of nitrogens with one attached hydrogen (secondary N) is 2. The molecule has 0 saturated heterocycles. The Bertz CT molecular complexity index is 699. The van der Waals surface area contributed by atoms with E-state index in [9.17, 15) is 8.42 Å². The molecule has 0 amide bonds. The normalized spacial score (nSPS) is 11.3. The summed E-state index contributed by atoms with van der Waals surface area (Å²) in [4.78, 5) is 7.67. The Labute approximate surface area is 115 Å². The fourth-order valence-electron chi connectivity index (χ4n) is 1.33. The van der Waals surface area contributed by atoms with Crippen LogP contribution in [-0.2, 0) is 10.0 Å². The first-order chi connectivity index (χ1) is 8.92. The first-order valence-electron chi connectivity index (χ1n) is 5.20.